The van der Waals surface area contributed by atoms with Crippen molar-refractivity contribution in [2.24, 2.45) is 11.8 Å². The van der Waals surface area contributed by atoms with Crippen LogP contribution in [0.15, 0.2) is 0 Å². The minimum absolute atomic E-state index is 0.107. The van der Waals surface area contributed by atoms with Gasteiger partial charge in [0.15, 0.2) is 12.2 Å². The molecule has 0 saturated heterocycles. The number of aliphatic hydroxyl groups is 1. The van der Waals surface area contributed by atoms with Crippen LogP contribution in [0.4, 0.5) is 0 Å². The van der Waals surface area contributed by atoms with Crippen LogP contribution < -0.4 is 0 Å². The van der Waals surface area contributed by atoms with Gasteiger partial charge in [-0.15, -0.1) is 0 Å². The minimum Gasteiger partial charge on any atom is -0.462 e. The molecule has 0 aromatic carbocycles. The van der Waals surface area contributed by atoms with E-state index in [1.165, 1.54) is 231 Å². The van der Waals surface area contributed by atoms with Crippen molar-refractivity contribution in [1.82, 2.24) is 0 Å². The standard InChI is InChI=1S/C81H158O17P2/c1-7-10-12-14-16-17-18-19-20-21-22-23-30-35-40-46-52-58-64-79(84)92-70-77(98-81(86)66-60-54-48-42-37-32-27-25-29-34-39-45-50-56-62-74(6)9-3)72-96-100(89,90)94-68-75(82)67-93-99(87,88)95-71-76(69-91-78(83)63-57-51-43-15-13-11-8-2)97-80(85)65-59-53-47-41-36-31-26-24-28-33-38-44-49-55-61-73(4)5/h73-77,82H,7-72H2,1-6H3,(H,87,88)(H,89,90)/t74?,75-,76+,77+/m0/s1. The summed E-state index contributed by atoms with van der Waals surface area (Å²) in [6.07, 6.45) is 62.5. The molecule has 19 heteroatoms. The van der Waals surface area contributed by atoms with Gasteiger partial charge in [0.2, 0.25) is 0 Å². The van der Waals surface area contributed by atoms with Gasteiger partial charge in [0.1, 0.15) is 19.3 Å². The topological polar surface area (TPSA) is 237 Å². The molecule has 0 rings (SSSR count). The van der Waals surface area contributed by atoms with E-state index in [1.807, 2.05) is 0 Å². The highest BCUT2D eigenvalue weighted by molar-refractivity contribution is 7.47. The van der Waals surface area contributed by atoms with Gasteiger partial charge in [-0.25, -0.2) is 9.13 Å². The smallest absolute Gasteiger partial charge is 0.462 e. The van der Waals surface area contributed by atoms with Gasteiger partial charge in [0.05, 0.1) is 26.4 Å². The van der Waals surface area contributed by atoms with Gasteiger partial charge in [-0.2, -0.15) is 0 Å². The summed E-state index contributed by atoms with van der Waals surface area (Å²) in [6.45, 7) is 9.67. The fourth-order valence-corrected chi connectivity index (χ4v) is 14.1. The number of ether oxygens (including phenoxy) is 4. The van der Waals surface area contributed by atoms with E-state index in [4.69, 9.17) is 37.0 Å². The summed E-state index contributed by atoms with van der Waals surface area (Å²) in [4.78, 5) is 72.9. The number of hydrogen-bond donors (Lipinski definition) is 3. The molecule has 17 nitrogen and oxygen atoms in total. The van der Waals surface area contributed by atoms with Gasteiger partial charge in [-0.1, -0.05) is 375 Å². The zero-order valence-electron chi connectivity index (χ0n) is 65.5. The molecule has 0 bridgehead atoms. The number of unbranched alkanes of at least 4 members (excludes halogenated alkanes) is 49. The fraction of sp³-hybridized carbons (Fsp3) is 0.951. The first-order valence-corrected chi connectivity index (χ1v) is 45.0. The van der Waals surface area contributed by atoms with Crippen molar-refractivity contribution >= 4 is 39.5 Å². The van der Waals surface area contributed by atoms with E-state index >= 15 is 0 Å². The van der Waals surface area contributed by atoms with Gasteiger partial charge in [0.25, 0.3) is 0 Å². The van der Waals surface area contributed by atoms with Crippen LogP contribution in [0.2, 0.25) is 0 Å². The maximum atomic E-state index is 13.1. The van der Waals surface area contributed by atoms with Crippen molar-refractivity contribution in [3.63, 3.8) is 0 Å². The van der Waals surface area contributed by atoms with Crippen LogP contribution in [0, 0.1) is 11.8 Å². The summed E-state index contributed by atoms with van der Waals surface area (Å²) in [5.74, 6) is -0.471. The molecule has 0 aliphatic heterocycles. The molecular weight excluding hydrogens is 1310 g/mol. The first-order valence-electron chi connectivity index (χ1n) is 42.0. The number of carbonyl (C=O) groups is 4. The number of phosphoric acid groups is 2. The molecule has 3 N–H and O–H groups in total. The van der Waals surface area contributed by atoms with Crippen LogP contribution in [0.1, 0.15) is 427 Å². The zero-order chi connectivity index (χ0) is 73.5. The average Bonchev–Trinajstić information content (AvgIpc) is 0.935. The normalized spacial score (nSPS) is 14.2. The summed E-state index contributed by atoms with van der Waals surface area (Å²) < 4.78 is 68.6. The van der Waals surface area contributed by atoms with Crippen molar-refractivity contribution in [3.05, 3.63) is 0 Å². The predicted molar refractivity (Wildman–Crippen MR) is 409 cm³/mol. The second kappa shape index (κ2) is 72.6. The van der Waals surface area contributed by atoms with Crippen molar-refractivity contribution in [1.29, 1.82) is 0 Å². The number of hydrogen-bond acceptors (Lipinski definition) is 15. The molecule has 0 fully saturated rings. The van der Waals surface area contributed by atoms with Crippen LogP contribution in [0.5, 0.6) is 0 Å². The molecular formula is C81H158O17P2. The van der Waals surface area contributed by atoms with Crippen molar-refractivity contribution in [3.8, 4) is 0 Å². The lowest BCUT2D eigenvalue weighted by atomic mass is 9.99. The third-order valence-corrected chi connectivity index (χ3v) is 21.2. The molecule has 0 radical (unpaired) electrons. The minimum atomic E-state index is -4.96. The molecule has 0 spiro atoms. The Morgan fingerprint density at radius 3 is 0.760 bits per heavy atom. The predicted octanol–water partition coefficient (Wildman–Crippen LogP) is 24.3. The van der Waals surface area contributed by atoms with E-state index in [9.17, 15) is 43.2 Å². The van der Waals surface area contributed by atoms with Crippen molar-refractivity contribution in [2.75, 3.05) is 39.6 Å². The Balaban J connectivity index is 5.18. The lowest BCUT2D eigenvalue weighted by molar-refractivity contribution is -0.161. The van der Waals surface area contributed by atoms with Crippen LogP contribution in [-0.4, -0.2) is 96.7 Å². The Morgan fingerprint density at radius 1 is 0.290 bits per heavy atom. The SMILES string of the molecule is CCCCCCCCCCCCCCCCCCCCC(=O)OC[C@H](COP(=O)(O)OC[C@@H](O)COP(=O)(O)OC[C@@H](COC(=O)CCCCCCCCC)OC(=O)CCCCCCCCCCCCCCCCC(C)C)OC(=O)CCCCCCCCCCCCCCCCC(C)CC. The Kier molecular flexibility index (Phi) is 71.2. The van der Waals surface area contributed by atoms with E-state index in [2.05, 4.69) is 41.5 Å². The highest BCUT2D eigenvalue weighted by Crippen LogP contribution is 2.45. The number of carbonyl (C=O) groups excluding carboxylic acids is 4. The average molecular weight is 1470 g/mol. The van der Waals surface area contributed by atoms with Crippen molar-refractivity contribution < 1.29 is 80.2 Å². The Morgan fingerprint density at radius 2 is 0.510 bits per heavy atom. The summed E-state index contributed by atoms with van der Waals surface area (Å²) in [7, 11) is -9.91. The van der Waals surface area contributed by atoms with E-state index in [0.717, 1.165) is 115 Å². The molecule has 594 valence electrons. The van der Waals surface area contributed by atoms with Crippen molar-refractivity contribution in [2.45, 2.75) is 445 Å². The first-order chi connectivity index (χ1) is 48.4. The Hall–Kier alpha value is -1.94. The molecule has 6 atom stereocenters. The number of esters is 4. The quantitative estimate of drug-likeness (QED) is 0.0222. The van der Waals surface area contributed by atoms with Gasteiger partial charge in [-0.3, -0.25) is 37.3 Å². The molecule has 0 aliphatic carbocycles. The number of aliphatic hydroxyl groups excluding tert-OH is 1. The number of phosphoric ester groups is 2. The second-order valence-corrected chi connectivity index (χ2v) is 32.8. The first kappa shape index (κ1) is 98.1. The zero-order valence-corrected chi connectivity index (χ0v) is 67.3. The van der Waals surface area contributed by atoms with Crippen LogP contribution in [0.3, 0.4) is 0 Å². The highest BCUT2D eigenvalue weighted by atomic mass is 31.2. The van der Waals surface area contributed by atoms with Gasteiger partial charge < -0.3 is 33.8 Å². The van der Waals surface area contributed by atoms with E-state index < -0.39 is 97.5 Å². The largest absolute Gasteiger partial charge is 0.472 e. The molecule has 0 saturated carbocycles. The van der Waals surface area contributed by atoms with Gasteiger partial charge in [-0.05, 0) is 37.5 Å². The summed E-state index contributed by atoms with van der Waals surface area (Å²) in [5, 5.41) is 10.6. The van der Waals surface area contributed by atoms with Gasteiger partial charge >= 0.3 is 39.5 Å². The Labute approximate surface area is 613 Å². The second-order valence-electron chi connectivity index (χ2n) is 29.9. The van der Waals surface area contributed by atoms with Crippen LogP contribution in [0.25, 0.3) is 0 Å². The third kappa shape index (κ3) is 73.0. The summed E-state index contributed by atoms with van der Waals surface area (Å²) in [5.41, 5.74) is 0. The molecule has 3 unspecified atom stereocenters. The third-order valence-electron chi connectivity index (χ3n) is 19.3. The lowest BCUT2D eigenvalue weighted by Crippen LogP contribution is -2.30. The summed E-state index contributed by atoms with van der Waals surface area (Å²) >= 11 is 0. The van der Waals surface area contributed by atoms with Gasteiger partial charge in [0, 0.05) is 25.7 Å². The van der Waals surface area contributed by atoms with E-state index in [1.54, 1.807) is 0 Å². The molecule has 0 amide bonds. The molecule has 0 aromatic rings. The molecule has 0 heterocycles. The molecule has 0 aromatic heterocycles. The van der Waals surface area contributed by atoms with Crippen LogP contribution in [-0.2, 0) is 65.4 Å². The molecule has 0 aliphatic rings. The molecule has 100 heavy (non-hydrogen) atoms. The Bertz CT molecular complexity index is 1930. The lowest BCUT2D eigenvalue weighted by Gasteiger charge is -2.21. The van der Waals surface area contributed by atoms with Crippen LogP contribution >= 0.6 is 15.6 Å². The summed E-state index contributed by atoms with van der Waals surface area (Å²) in [6, 6.07) is 0. The van der Waals surface area contributed by atoms with E-state index in [-0.39, 0.29) is 25.7 Å². The maximum Gasteiger partial charge on any atom is 0.472 e. The van der Waals surface area contributed by atoms with E-state index in [0.29, 0.717) is 25.7 Å². The fourth-order valence-electron chi connectivity index (χ4n) is 12.5. The monoisotopic (exact) mass is 1470 g/mol. The number of rotatable bonds is 80. The highest BCUT2D eigenvalue weighted by Gasteiger charge is 2.30. The maximum absolute atomic E-state index is 13.1.